The number of ether oxygens (including phenoxy) is 1. The molecule has 0 spiro atoms. The highest BCUT2D eigenvalue weighted by atomic mass is 19.1. The fourth-order valence-corrected chi connectivity index (χ4v) is 1.97. The molecule has 1 aromatic carbocycles. The predicted molar refractivity (Wildman–Crippen MR) is 77.7 cm³/mol. The van der Waals surface area contributed by atoms with Crippen LogP contribution in [0.3, 0.4) is 0 Å². The summed E-state index contributed by atoms with van der Waals surface area (Å²) in [5, 5.41) is 2.74. The zero-order chi connectivity index (χ0) is 15.0. The van der Waals surface area contributed by atoms with E-state index < -0.39 is 11.7 Å². The average Bonchev–Trinajstić information content (AvgIpc) is 2.45. The number of carbonyl (C=O) groups excluding carboxylic acids is 1. The van der Waals surface area contributed by atoms with Gasteiger partial charge in [-0.2, -0.15) is 0 Å². The predicted octanol–water partition coefficient (Wildman–Crippen LogP) is 2.30. The molecule has 1 N–H and O–H groups in total. The number of hydrogen-bond donors (Lipinski definition) is 1. The van der Waals surface area contributed by atoms with Crippen LogP contribution in [0.15, 0.2) is 18.2 Å². The third-order valence-corrected chi connectivity index (χ3v) is 3.12. The van der Waals surface area contributed by atoms with Gasteiger partial charge in [-0.3, -0.25) is 4.79 Å². The Kier molecular flexibility index (Phi) is 7.01. The van der Waals surface area contributed by atoms with Crippen LogP contribution in [0, 0.1) is 5.82 Å². The summed E-state index contributed by atoms with van der Waals surface area (Å²) in [6, 6.07) is 4.23. The van der Waals surface area contributed by atoms with E-state index >= 15 is 0 Å². The molecule has 5 heteroatoms. The minimum absolute atomic E-state index is 0.0457. The zero-order valence-electron chi connectivity index (χ0n) is 12.4. The fourth-order valence-electron chi connectivity index (χ4n) is 1.97. The summed E-state index contributed by atoms with van der Waals surface area (Å²) in [4.78, 5) is 14.1. The second-order valence-corrected chi connectivity index (χ2v) is 4.54. The van der Waals surface area contributed by atoms with Crippen molar-refractivity contribution >= 4 is 5.91 Å². The standard InChI is InChI=1S/C15H23FN2O2/c1-4-9-18(5-2)10-8-17-15(19)13-7-6-12(20-3)11-14(13)16/h6-7,11H,4-5,8-10H2,1-3H3,(H,17,19). The largest absolute Gasteiger partial charge is 0.497 e. The number of hydrogen-bond acceptors (Lipinski definition) is 3. The Balaban J connectivity index is 2.50. The number of benzene rings is 1. The highest BCUT2D eigenvalue weighted by molar-refractivity contribution is 5.94. The summed E-state index contributed by atoms with van der Waals surface area (Å²) in [6.07, 6.45) is 1.08. The van der Waals surface area contributed by atoms with E-state index in [9.17, 15) is 9.18 Å². The minimum atomic E-state index is -0.567. The number of amides is 1. The van der Waals surface area contributed by atoms with E-state index in [2.05, 4.69) is 24.1 Å². The van der Waals surface area contributed by atoms with Crippen molar-refractivity contribution in [2.45, 2.75) is 20.3 Å². The first kappa shape index (κ1) is 16.4. The smallest absolute Gasteiger partial charge is 0.254 e. The van der Waals surface area contributed by atoms with Crippen LogP contribution in [0.1, 0.15) is 30.6 Å². The van der Waals surface area contributed by atoms with E-state index in [1.807, 2.05) is 0 Å². The lowest BCUT2D eigenvalue weighted by Gasteiger charge is -2.19. The quantitative estimate of drug-likeness (QED) is 0.795. The fraction of sp³-hybridized carbons (Fsp3) is 0.533. The van der Waals surface area contributed by atoms with Crippen molar-refractivity contribution < 1.29 is 13.9 Å². The van der Waals surface area contributed by atoms with Crippen molar-refractivity contribution in [2.75, 3.05) is 33.3 Å². The molecule has 1 amide bonds. The maximum atomic E-state index is 13.7. The lowest BCUT2D eigenvalue weighted by atomic mass is 10.2. The van der Waals surface area contributed by atoms with E-state index in [0.717, 1.165) is 26.1 Å². The Morgan fingerprint density at radius 2 is 2.10 bits per heavy atom. The van der Waals surface area contributed by atoms with Crippen molar-refractivity contribution in [3.8, 4) is 5.75 Å². The molecule has 0 saturated carbocycles. The second-order valence-electron chi connectivity index (χ2n) is 4.54. The average molecular weight is 282 g/mol. The molecule has 1 aromatic rings. The number of nitrogens with one attached hydrogen (secondary N) is 1. The topological polar surface area (TPSA) is 41.6 Å². The molecule has 1 rings (SSSR count). The van der Waals surface area contributed by atoms with E-state index in [4.69, 9.17) is 4.74 Å². The molecule has 0 aliphatic carbocycles. The van der Waals surface area contributed by atoms with E-state index in [1.165, 1.54) is 19.2 Å². The van der Waals surface area contributed by atoms with Gasteiger partial charge in [0.15, 0.2) is 0 Å². The Morgan fingerprint density at radius 3 is 2.65 bits per heavy atom. The number of rotatable bonds is 8. The Labute approximate surface area is 119 Å². The number of carbonyl (C=O) groups is 1. The van der Waals surface area contributed by atoms with Gasteiger partial charge in [-0.05, 0) is 31.6 Å². The van der Waals surface area contributed by atoms with Crippen LogP contribution in [0.5, 0.6) is 5.75 Å². The Bertz CT molecular complexity index is 438. The third kappa shape index (κ3) is 4.81. The van der Waals surface area contributed by atoms with Gasteiger partial charge in [-0.25, -0.2) is 4.39 Å². The molecule has 20 heavy (non-hydrogen) atoms. The molecule has 0 fully saturated rings. The summed E-state index contributed by atoms with van der Waals surface area (Å²) >= 11 is 0. The summed E-state index contributed by atoms with van der Waals surface area (Å²) in [6.45, 7) is 7.43. The molecular formula is C15H23FN2O2. The van der Waals surface area contributed by atoms with Crippen molar-refractivity contribution in [1.82, 2.24) is 10.2 Å². The molecule has 0 aliphatic heterocycles. The summed E-state index contributed by atoms with van der Waals surface area (Å²) in [7, 11) is 1.46. The maximum Gasteiger partial charge on any atom is 0.254 e. The first-order valence-electron chi connectivity index (χ1n) is 6.96. The minimum Gasteiger partial charge on any atom is -0.497 e. The van der Waals surface area contributed by atoms with E-state index in [1.54, 1.807) is 6.07 Å². The van der Waals surface area contributed by atoms with Crippen molar-refractivity contribution in [3.05, 3.63) is 29.6 Å². The van der Waals surface area contributed by atoms with Gasteiger partial charge in [0, 0.05) is 19.2 Å². The molecule has 0 heterocycles. The normalized spacial score (nSPS) is 10.7. The number of halogens is 1. The second kappa shape index (κ2) is 8.53. The summed E-state index contributed by atoms with van der Waals surface area (Å²) in [5.41, 5.74) is 0.0457. The highest BCUT2D eigenvalue weighted by Gasteiger charge is 2.12. The van der Waals surface area contributed by atoms with Crippen LogP contribution in [-0.4, -0.2) is 44.1 Å². The van der Waals surface area contributed by atoms with Crippen LogP contribution < -0.4 is 10.1 Å². The molecule has 0 radical (unpaired) electrons. The molecule has 4 nitrogen and oxygen atoms in total. The van der Waals surface area contributed by atoms with Crippen LogP contribution in [0.25, 0.3) is 0 Å². The first-order valence-corrected chi connectivity index (χ1v) is 6.96. The van der Waals surface area contributed by atoms with Gasteiger partial charge in [-0.1, -0.05) is 13.8 Å². The summed E-state index contributed by atoms with van der Waals surface area (Å²) < 4.78 is 18.6. The molecule has 0 aliphatic rings. The van der Waals surface area contributed by atoms with Crippen molar-refractivity contribution in [2.24, 2.45) is 0 Å². The molecule has 0 saturated heterocycles. The Morgan fingerprint density at radius 1 is 1.35 bits per heavy atom. The lowest BCUT2D eigenvalue weighted by molar-refractivity contribution is 0.0944. The zero-order valence-corrected chi connectivity index (χ0v) is 12.4. The molecule has 0 unspecified atom stereocenters. The first-order chi connectivity index (χ1) is 9.62. The van der Waals surface area contributed by atoms with Crippen LogP contribution in [0.2, 0.25) is 0 Å². The molecule has 112 valence electrons. The van der Waals surface area contributed by atoms with Gasteiger partial charge in [0.25, 0.3) is 5.91 Å². The molecule has 0 atom stereocenters. The molecular weight excluding hydrogens is 259 g/mol. The maximum absolute atomic E-state index is 13.7. The van der Waals surface area contributed by atoms with Crippen molar-refractivity contribution in [1.29, 1.82) is 0 Å². The van der Waals surface area contributed by atoms with Crippen molar-refractivity contribution in [3.63, 3.8) is 0 Å². The van der Waals surface area contributed by atoms with E-state index in [0.29, 0.717) is 12.3 Å². The third-order valence-electron chi connectivity index (χ3n) is 3.12. The van der Waals surface area contributed by atoms with Gasteiger partial charge in [0.1, 0.15) is 11.6 Å². The van der Waals surface area contributed by atoms with Crippen LogP contribution >= 0.6 is 0 Å². The number of likely N-dealkylation sites (N-methyl/N-ethyl adjacent to an activating group) is 1. The number of methoxy groups -OCH3 is 1. The SMILES string of the molecule is CCCN(CC)CCNC(=O)c1ccc(OC)cc1F. The van der Waals surface area contributed by atoms with Crippen LogP contribution in [0.4, 0.5) is 4.39 Å². The van der Waals surface area contributed by atoms with Gasteiger partial charge < -0.3 is 15.0 Å². The van der Waals surface area contributed by atoms with Gasteiger partial charge in [0.05, 0.1) is 12.7 Å². The van der Waals surface area contributed by atoms with Gasteiger partial charge in [-0.15, -0.1) is 0 Å². The highest BCUT2D eigenvalue weighted by Crippen LogP contribution is 2.15. The Hall–Kier alpha value is -1.62. The lowest BCUT2D eigenvalue weighted by Crippen LogP contribution is -2.35. The monoisotopic (exact) mass is 282 g/mol. The molecule has 0 bridgehead atoms. The van der Waals surface area contributed by atoms with E-state index in [-0.39, 0.29) is 5.56 Å². The van der Waals surface area contributed by atoms with Gasteiger partial charge in [0.2, 0.25) is 0 Å². The molecule has 0 aromatic heterocycles. The summed E-state index contributed by atoms with van der Waals surface area (Å²) in [5.74, 6) is -0.556. The number of nitrogens with zero attached hydrogens (tertiary/aromatic N) is 1. The van der Waals surface area contributed by atoms with Gasteiger partial charge >= 0.3 is 0 Å². The van der Waals surface area contributed by atoms with Crippen LogP contribution in [-0.2, 0) is 0 Å².